The molecule has 30 heavy (non-hydrogen) atoms. The first kappa shape index (κ1) is 19.5. The van der Waals surface area contributed by atoms with E-state index in [0.29, 0.717) is 17.1 Å². The van der Waals surface area contributed by atoms with E-state index in [-0.39, 0.29) is 0 Å². The number of fused-ring (bicyclic) bond motifs is 1. The van der Waals surface area contributed by atoms with Crippen LogP contribution in [0.5, 0.6) is 0 Å². The summed E-state index contributed by atoms with van der Waals surface area (Å²) in [6, 6.07) is 11.4. The van der Waals surface area contributed by atoms with Crippen LogP contribution in [-0.2, 0) is 13.0 Å². The fourth-order valence-electron chi connectivity index (χ4n) is 4.28. The summed E-state index contributed by atoms with van der Waals surface area (Å²) in [5, 5.41) is 7.20. The normalized spacial score (nSPS) is 19.4. The molecule has 1 saturated carbocycles. The van der Waals surface area contributed by atoms with E-state index in [1.54, 1.807) is 0 Å². The highest BCUT2D eigenvalue weighted by Crippen LogP contribution is 2.29. The van der Waals surface area contributed by atoms with E-state index in [0.717, 1.165) is 50.2 Å². The summed E-state index contributed by atoms with van der Waals surface area (Å²) in [7, 11) is 0. The van der Waals surface area contributed by atoms with Crippen molar-refractivity contribution in [3.8, 4) is 0 Å². The van der Waals surface area contributed by atoms with Crippen LogP contribution in [0, 0.1) is 5.92 Å². The van der Waals surface area contributed by atoms with Gasteiger partial charge in [-0.1, -0.05) is 31.2 Å². The fraction of sp³-hybridized carbons (Fsp3) is 0.522. The number of nitrogens with zero attached hydrogens (tertiary/aromatic N) is 4. The SMILES string of the molecule is CC1CCN(c2cc(N3CCc4ccccc4C3)nc(NC(=S)NC3CC3)n2)CC1. The Kier molecular flexibility index (Phi) is 5.46. The number of hydrogen-bond donors (Lipinski definition) is 2. The molecular weight excluding hydrogens is 392 g/mol. The Morgan fingerprint density at radius 3 is 2.40 bits per heavy atom. The van der Waals surface area contributed by atoms with Gasteiger partial charge < -0.3 is 20.4 Å². The molecular formula is C23H30N6S. The van der Waals surface area contributed by atoms with E-state index in [1.165, 1.54) is 36.8 Å². The van der Waals surface area contributed by atoms with E-state index in [1.807, 2.05) is 0 Å². The lowest BCUT2D eigenvalue weighted by atomic mass is 9.99. The van der Waals surface area contributed by atoms with Crippen LogP contribution < -0.4 is 20.4 Å². The van der Waals surface area contributed by atoms with Gasteiger partial charge in [-0.2, -0.15) is 9.97 Å². The second-order valence-corrected chi connectivity index (χ2v) is 9.30. The molecule has 0 bridgehead atoms. The van der Waals surface area contributed by atoms with Crippen molar-refractivity contribution in [2.24, 2.45) is 5.92 Å². The van der Waals surface area contributed by atoms with Crippen LogP contribution in [-0.4, -0.2) is 40.8 Å². The number of thiocarbonyl (C=S) groups is 1. The molecule has 2 aromatic rings. The highest BCUT2D eigenvalue weighted by molar-refractivity contribution is 7.80. The second-order valence-electron chi connectivity index (χ2n) is 8.89. The number of anilines is 3. The smallest absolute Gasteiger partial charge is 0.232 e. The van der Waals surface area contributed by atoms with Crippen molar-refractivity contribution in [3.63, 3.8) is 0 Å². The van der Waals surface area contributed by atoms with Gasteiger partial charge in [-0.3, -0.25) is 0 Å². The zero-order valence-electron chi connectivity index (χ0n) is 17.6. The van der Waals surface area contributed by atoms with Gasteiger partial charge in [-0.05, 0) is 61.4 Å². The molecule has 158 valence electrons. The molecule has 1 saturated heterocycles. The molecule has 2 fully saturated rings. The lowest BCUT2D eigenvalue weighted by Crippen LogP contribution is -2.36. The molecule has 0 unspecified atom stereocenters. The van der Waals surface area contributed by atoms with Crippen LogP contribution >= 0.6 is 12.2 Å². The molecule has 0 amide bonds. The van der Waals surface area contributed by atoms with Crippen LogP contribution in [0.2, 0.25) is 0 Å². The Morgan fingerprint density at radius 2 is 1.67 bits per heavy atom. The lowest BCUT2D eigenvalue weighted by molar-refractivity contribution is 0.436. The van der Waals surface area contributed by atoms with Gasteiger partial charge in [0.25, 0.3) is 0 Å². The largest absolute Gasteiger partial charge is 0.360 e. The fourth-order valence-corrected chi connectivity index (χ4v) is 4.54. The lowest BCUT2D eigenvalue weighted by Gasteiger charge is -2.33. The number of benzene rings is 1. The summed E-state index contributed by atoms with van der Waals surface area (Å²) in [5.74, 6) is 3.36. The minimum absolute atomic E-state index is 0.509. The van der Waals surface area contributed by atoms with Crippen molar-refractivity contribution < 1.29 is 0 Å². The average molecular weight is 423 g/mol. The quantitative estimate of drug-likeness (QED) is 0.728. The summed E-state index contributed by atoms with van der Waals surface area (Å²) in [5.41, 5.74) is 2.83. The van der Waals surface area contributed by atoms with E-state index in [4.69, 9.17) is 22.2 Å². The van der Waals surface area contributed by atoms with Gasteiger partial charge in [0.2, 0.25) is 5.95 Å². The third-order valence-corrected chi connectivity index (χ3v) is 6.62. The maximum Gasteiger partial charge on any atom is 0.232 e. The molecule has 1 aromatic heterocycles. The maximum absolute atomic E-state index is 5.49. The minimum Gasteiger partial charge on any atom is -0.360 e. The molecule has 1 aliphatic carbocycles. The Morgan fingerprint density at radius 1 is 0.967 bits per heavy atom. The first-order valence-corrected chi connectivity index (χ1v) is 11.6. The maximum atomic E-state index is 5.49. The Balaban J connectivity index is 1.41. The first-order chi connectivity index (χ1) is 14.6. The predicted molar refractivity (Wildman–Crippen MR) is 126 cm³/mol. The number of nitrogens with one attached hydrogen (secondary N) is 2. The average Bonchev–Trinajstić information content (AvgIpc) is 3.57. The van der Waals surface area contributed by atoms with Crippen LogP contribution in [0.4, 0.5) is 17.6 Å². The number of piperidine rings is 1. The van der Waals surface area contributed by atoms with E-state index >= 15 is 0 Å². The molecule has 0 spiro atoms. The van der Waals surface area contributed by atoms with E-state index in [9.17, 15) is 0 Å². The Bertz CT molecular complexity index is 920. The molecule has 0 atom stereocenters. The van der Waals surface area contributed by atoms with Crippen molar-refractivity contribution in [2.45, 2.75) is 51.6 Å². The number of rotatable bonds is 4. The van der Waals surface area contributed by atoms with Gasteiger partial charge in [0.15, 0.2) is 5.11 Å². The van der Waals surface area contributed by atoms with Gasteiger partial charge in [-0.25, -0.2) is 0 Å². The number of hydrogen-bond acceptors (Lipinski definition) is 5. The van der Waals surface area contributed by atoms with Crippen LogP contribution in [0.1, 0.15) is 43.7 Å². The van der Waals surface area contributed by atoms with Crippen LogP contribution in [0.3, 0.4) is 0 Å². The van der Waals surface area contributed by atoms with Gasteiger partial charge in [0, 0.05) is 38.3 Å². The van der Waals surface area contributed by atoms with E-state index in [2.05, 4.69) is 57.7 Å². The molecule has 6 nitrogen and oxygen atoms in total. The van der Waals surface area contributed by atoms with Gasteiger partial charge >= 0.3 is 0 Å². The predicted octanol–water partition coefficient (Wildman–Crippen LogP) is 3.72. The molecule has 2 N–H and O–H groups in total. The minimum atomic E-state index is 0.509. The zero-order valence-corrected chi connectivity index (χ0v) is 18.4. The van der Waals surface area contributed by atoms with Crippen molar-refractivity contribution in [3.05, 3.63) is 41.5 Å². The molecule has 7 heteroatoms. The highest BCUT2D eigenvalue weighted by atomic mass is 32.1. The van der Waals surface area contributed by atoms with Crippen LogP contribution in [0.15, 0.2) is 30.3 Å². The summed E-state index contributed by atoms with van der Waals surface area (Å²) < 4.78 is 0. The van der Waals surface area contributed by atoms with Crippen molar-refractivity contribution in [2.75, 3.05) is 34.8 Å². The summed E-state index contributed by atoms with van der Waals surface area (Å²) in [4.78, 5) is 14.5. The first-order valence-electron chi connectivity index (χ1n) is 11.2. The third kappa shape index (κ3) is 4.51. The van der Waals surface area contributed by atoms with Gasteiger partial charge in [0.1, 0.15) is 11.6 Å². The van der Waals surface area contributed by atoms with Crippen LogP contribution in [0.25, 0.3) is 0 Å². The summed E-state index contributed by atoms with van der Waals surface area (Å²) in [6.45, 7) is 6.28. The number of aromatic nitrogens is 2. The van der Waals surface area contributed by atoms with E-state index < -0.39 is 0 Å². The molecule has 3 aliphatic rings. The Labute approximate surface area is 184 Å². The zero-order chi connectivity index (χ0) is 20.5. The highest BCUT2D eigenvalue weighted by Gasteiger charge is 2.24. The van der Waals surface area contributed by atoms with Gasteiger partial charge in [0.05, 0.1) is 0 Å². The monoisotopic (exact) mass is 422 g/mol. The molecule has 3 heterocycles. The summed E-state index contributed by atoms with van der Waals surface area (Å²) in [6.07, 6.45) is 5.84. The standard InChI is InChI=1S/C23H30N6S/c1-16-8-11-28(12-9-16)20-14-21(26-22(25-20)27-23(30)24-19-6-7-19)29-13-10-17-4-2-3-5-18(17)15-29/h2-5,14,16,19H,6-13,15H2,1H3,(H2,24,25,26,27,30). The Hall–Kier alpha value is -2.41. The topological polar surface area (TPSA) is 56.3 Å². The molecule has 2 aliphatic heterocycles. The van der Waals surface area contributed by atoms with Crippen molar-refractivity contribution in [1.82, 2.24) is 15.3 Å². The van der Waals surface area contributed by atoms with Gasteiger partial charge in [-0.15, -0.1) is 0 Å². The van der Waals surface area contributed by atoms with Crippen molar-refractivity contribution in [1.29, 1.82) is 0 Å². The molecule has 5 rings (SSSR count). The molecule has 1 aromatic carbocycles. The van der Waals surface area contributed by atoms with Crippen molar-refractivity contribution >= 4 is 34.9 Å². The third-order valence-electron chi connectivity index (χ3n) is 6.40. The molecule has 0 radical (unpaired) electrons. The second kappa shape index (κ2) is 8.38. The summed E-state index contributed by atoms with van der Waals surface area (Å²) >= 11 is 5.49.